The average Bonchev–Trinajstić information content (AvgIpc) is 3.25. The summed E-state index contributed by atoms with van der Waals surface area (Å²) in [6, 6.07) is 10.7. The van der Waals surface area contributed by atoms with Gasteiger partial charge < -0.3 is 19.7 Å². The van der Waals surface area contributed by atoms with E-state index in [4.69, 9.17) is 9.47 Å². The highest BCUT2D eigenvalue weighted by Gasteiger charge is 2.32. The molecule has 1 aliphatic carbocycles. The van der Waals surface area contributed by atoms with Crippen molar-refractivity contribution in [1.29, 1.82) is 0 Å². The van der Waals surface area contributed by atoms with Gasteiger partial charge in [0.2, 0.25) is 0 Å². The van der Waals surface area contributed by atoms with Gasteiger partial charge in [0, 0.05) is 12.8 Å². The molecule has 3 unspecified atom stereocenters. The van der Waals surface area contributed by atoms with Crippen molar-refractivity contribution in [3.63, 3.8) is 0 Å². The van der Waals surface area contributed by atoms with Crippen LogP contribution in [0.25, 0.3) is 0 Å². The lowest BCUT2D eigenvalue weighted by Crippen LogP contribution is -2.34. The van der Waals surface area contributed by atoms with Gasteiger partial charge in [-0.2, -0.15) is 0 Å². The lowest BCUT2D eigenvalue weighted by molar-refractivity contribution is -0.114. The molecule has 1 fully saturated rings. The molecule has 2 N–H and O–H groups in total. The summed E-state index contributed by atoms with van der Waals surface area (Å²) in [5.41, 5.74) is 8.29. The monoisotopic (exact) mass is 410 g/mol. The maximum Gasteiger partial charge on any atom is 0.119 e. The first-order chi connectivity index (χ1) is 14.6. The number of aliphatic hydroxyl groups excluding tert-OH is 2. The minimum absolute atomic E-state index is 0.0427. The van der Waals surface area contributed by atoms with E-state index in [-0.39, 0.29) is 18.8 Å². The Hall–Kier alpha value is -1.88. The summed E-state index contributed by atoms with van der Waals surface area (Å²) in [5.74, 6) is 0.910. The second kappa shape index (κ2) is 9.51. The average molecular weight is 411 g/mol. The van der Waals surface area contributed by atoms with E-state index in [2.05, 4.69) is 25.1 Å². The number of rotatable bonds is 7. The smallest absolute Gasteiger partial charge is 0.119 e. The number of hydrogen-bond donors (Lipinski definition) is 2. The summed E-state index contributed by atoms with van der Waals surface area (Å²) in [5, 5.41) is 20.0. The predicted octanol–water partition coefficient (Wildman–Crippen LogP) is 4.30. The summed E-state index contributed by atoms with van der Waals surface area (Å²) in [7, 11) is 0. The zero-order valence-electron chi connectivity index (χ0n) is 18.2. The van der Waals surface area contributed by atoms with Gasteiger partial charge in [-0.05, 0) is 84.5 Å². The summed E-state index contributed by atoms with van der Waals surface area (Å²) in [6.45, 7) is 4.85. The van der Waals surface area contributed by atoms with Crippen molar-refractivity contribution in [2.45, 2.75) is 77.1 Å². The standard InChI is InChI=1S/C26H34O4/c1-3-22-24-7-5-6-23(24)18(12-17-8-10-20(11-9-17)29-4-2)13-25(22)26-15-19(28)14-21(16-27)30-26/h8-11,13,19,21,26-28H,3-7,12,14-16H2,1-2H3. The molecule has 4 rings (SSSR count). The summed E-state index contributed by atoms with van der Waals surface area (Å²) in [6.07, 6.45) is 5.60. The molecule has 0 saturated carbocycles. The topological polar surface area (TPSA) is 58.9 Å². The zero-order valence-corrected chi connectivity index (χ0v) is 18.2. The molecule has 0 spiro atoms. The van der Waals surface area contributed by atoms with E-state index in [0.29, 0.717) is 19.4 Å². The van der Waals surface area contributed by atoms with Crippen LogP contribution in [0.15, 0.2) is 30.3 Å². The van der Waals surface area contributed by atoms with Crippen LogP contribution in [0.5, 0.6) is 5.75 Å². The van der Waals surface area contributed by atoms with Crippen molar-refractivity contribution in [1.82, 2.24) is 0 Å². The first kappa shape index (κ1) is 21.4. The van der Waals surface area contributed by atoms with Crippen molar-refractivity contribution in [3.05, 3.63) is 63.7 Å². The second-order valence-corrected chi connectivity index (χ2v) is 8.58. The fourth-order valence-electron chi connectivity index (χ4n) is 5.23. The van der Waals surface area contributed by atoms with E-state index in [9.17, 15) is 10.2 Å². The lowest BCUT2D eigenvalue weighted by Gasteiger charge is -2.34. The van der Waals surface area contributed by atoms with Crippen LogP contribution < -0.4 is 4.74 Å². The molecular formula is C26H34O4. The van der Waals surface area contributed by atoms with Crippen molar-refractivity contribution in [2.24, 2.45) is 0 Å². The molecule has 0 aromatic heterocycles. The van der Waals surface area contributed by atoms with Crippen LogP contribution in [-0.2, 0) is 30.4 Å². The van der Waals surface area contributed by atoms with Gasteiger partial charge in [0.25, 0.3) is 0 Å². The lowest BCUT2D eigenvalue weighted by atomic mass is 9.85. The zero-order chi connectivity index (χ0) is 21.1. The van der Waals surface area contributed by atoms with Gasteiger partial charge in [0.05, 0.1) is 31.5 Å². The first-order valence-corrected chi connectivity index (χ1v) is 11.4. The number of fused-ring (bicyclic) bond motifs is 1. The molecule has 162 valence electrons. The molecule has 0 bridgehead atoms. The molecule has 1 aliphatic heterocycles. The van der Waals surface area contributed by atoms with Crippen molar-refractivity contribution < 1.29 is 19.7 Å². The van der Waals surface area contributed by atoms with E-state index in [0.717, 1.165) is 31.4 Å². The maximum absolute atomic E-state index is 10.4. The van der Waals surface area contributed by atoms with Crippen LogP contribution in [0.4, 0.5) is 0 Å². The molecule has 2 aromatic rings. The van der Waals surface area contributed by atoms with Crippen LogP contribution >= 0.6 is 0 Å². The fourth-order valence-corrected chi connectivity index (χ4v) is 5.23. The van der Waals surface area contributed by atoms with Gasteiger partial charge in [-0.25, -0.2) is 0 Å². The van der Waals surface area contributed by atoms with Gasteiger partial charge in [0.1, 0.15) is 5.75 Å². The third kappa shape index (κ3) is 4.41. The summed E-state index contributed by atoms with van der Waals surface area (Å²) < 4.78 is 11.8. The highest BCUT2D eigenvalue weighted by atomic mass is 16.5. The Kier molecular flexibility index (Phi) is 6.77. The molecule has 2 aromatic carbocycles. The Labute approximate surface area is 179 Å². The van der Waals surface area contributed by atoms with E-state index in [1.165, 1.54) is 39.8 Å². The van der Waals surface area contributed by atoms with Gasteiger partial charge in [-0.3, -0.25) is 0 Å². The number of hydrogen-bond acceptors (Lipinski definition) is 4. The van der Waals surface area contributed by atoms with Crippen molar-refractivity contribution >= 4 is 0 Å². The first-order valence-electron chi connectivity index (χ1n) is 11.4. The molecular weight excluding hydrogens is 376 g/mol. The summed E-state index contributed by atoms with van der Waals surface area (Å²) in [4.78, 5) is 0. The molecule has 30 heavy (non-hydrogen) atoms. The second-order valence-electron chi connectivity index (χ2n) is 8.58. The molecule has 4 nitrogen and oxygen atoms in total. The highest BCUT2D eigenvalue weighted by molar-refractivity contribution is 5.51. The van der Waals surface area contributed by atoms with Gasteiger partial charge in [-0.1, -0.05) is 25.1 Å². The summed E-state index contributed by atoms with van der Waals surface area (Å²) >= 11 is 0. The normalized spacial score (nSPS) is 23.4. The van der Waals surface area contributed by atoms with Crippen LogP contribution in [0.2, 0.25) is 0 Å². The Balaban J connectivity index is 1.69. The van der Waals surface area contributed by atoms with Gasteiger partial charge in [0.15, 0.2) is 0 Å². The van der Waals surface area contributed by atoms with Crippen LogP contribution in [-0.4, -0.2) is 35.6 Å². The molecule has 4 heteroatoms. The third-order valence-electron chi connectivity index (χ3n) is 6.56. The SMILES string of the molecule is CCOc1ccc(Cc2cc(C3CC(O)CC(CO)O3)c(CC)c3c2CCC3)cc1. The quantitative estimate of drug-likeness (QED) is 0.715. The van der Waals surface area contributed by atoms with Crippen LogP contribution in [0.3, 0.4) is 0 Å². The van der Waals surface area contributed by atoms with Gasteiger partial charge in [-0.15, -0.1) is 0 Å². The van der Waals surface area contributed by atoms with Crippen LogP contribution in [0, 0.1) is 0 Å². The molecule has 1 heterocycles. The third-order valence-corrected chi connectivity index (χ3v) is 6.56. The van der Waals surface area contributed by atoms with Crippen molar-refractivity contribution in [3.8, 4) is 5.75 Å². The van der Waals surface area contributed by atoms with Crippen LogP contribution in [0.1, 0.15) is 72.6 Å². The minimum Gasteiger partial charge on any atom is -0.494 e. The minimum atomic E-state index is -0.423. The number of benzene rings is 2. The Morgan fingerprint density at radius 3 is 2.53 bits per heavy atom. The predicted molar refractivity (Wildman–Crippen MR) is 118 cm³/mol. The molecule has 3 atom stereocenters. The Morgan fingerprint density at radius 2 is 1.83 bits per heavy atom. The molecule has 2 aliphatic rings. The van der Waals surface area contributed by atoms with E-state index in [1.807, 2.05) is 19.1 Å². The molecule has 0 amide bonds. The fraction of sp³-hybridized carbons (Fsp3) is 0.538. The van der Waals surface area contributed by atoms with Gasteiger partial charge >= 0.3 is 0 Å². The number of ether oxygens (including phenoxy) is 2. The van der Waals surface area contributed by atoms with E-state index in [1.54, 1.807) is 0 Å². The van der Waals surface area contributed by atoms with Crippen molar-refractivity contribution in [2.75, 3.05) is 13.2 Å². The maximum atomic E-state index is 10.4. The molecule has 0 radical (unpaired) electrons. The van der Waals surface area contributed by atoms with E-state index >= 15 is 0 Å². The highest BCUT2D eigenvalue weighted by Crippen LogP contribution is 2.40. The molecule has 1 saturated heterocycles. The Bertz CT molecular complexity index is 858. The Morgan fingerprint density at radius 1 is 1.07 bits per heavy atom. The van der Waals surface area contributed by atoms with E-state index < -0.39 is 6.10 Å². The largest absolute Gasteiger partial charge is 0.494 e. The number of aliphatic hydroxyl groups is 2.